The summed E-state index contributed by atoms with van der Waals surface area (Å²) in [6, 6.07) is 72.8. The van der Waals surface area contributed by atoms with E-state index in [1.165, 1.54) is 27.1 Å². The van der Waals surface area contributed by atoms with E-state index in [-0.39, 0.29) is 0 Å². The van der Waals surface area contributed by atoms with Gasteiger partial charge in [-0.1, -0.05) is 164 Å². The first-order valence-corrected chi connectivity index (χ1v) is 20.3. The molecule has 60 heavy (non-hydrogen) atoms. The fourth-order valence-corrected chi connectivity index (χ4v) is 8.88. The minimum absolute atomic E-state index is 0.398. The molecule has 0 fully saturated rings. The Hall–Kier alpha value is -8.02. The van der Waals surface area contributed by atoms with E-state index in [1.54, 1.807) is 0 Å². The maximum absolute atomic E-state index is 6.81. The van der Waals surface area contributed by atoms with Gasteiger partial charge < -0.3 is 14.3 Å². The average molecular weight is 769 g/mol. The lowest BCUT2D eigenvalue weighted by molar-refractivity contribution is 0.666. The van der Waals surface area contributed by atoms with Crippen LogP contribution in [0.5, 0.6) is 0 Å². The molecule has 0 saturated carbocycles. The van der Waals surface area contributed by atoms with Crippen molar-refractivity contribution in [2.75, 3.05) is 0 Å². The standard InChI is InChI=1S/C55H36N4O/c1-3-14-35(15-4-1)37-26-28-38(29-27-37)53-56-54(42-21-13-20-39(30-42)36-16-5-2-6-17-36)58-55(57-53)43-32-47-45-23-10-12-25-51(45)60-52(47)50(34-43)59-48-24-11-9-22-44(48)46-31-40-18-7-8-19-41(40)33-49(46)59/h1-34,54H,(H,56,57,58). The minimum Gasteiger partial charge on any atom is -0.454 e. The van der Waals surface area contributed by atoms with Crippen molar-refractivity contribution in [2.24, 2.45) is 9.98 Å². The number of para-hydroxylation sites is 2. The average Bonchev–Trinajstić information content (AvgIpc) is 3.86. The van der Waals surface area contributed by atoms with Crippen molar-refractivity contribution in [3.63, 3.8) is 0 Å². The second-order valence-corrected chi connectivity index (χ2v) is 15.4. The summed E-state index contributed by atoms with van der Waals surface area (Å²) in [5.41, 5.74) is 12.4. The van der Waals surface area contributed by atoms with Crippen LogP contribution < -0.4 is 5.32 Å². The highest BCUT2D eigenvalue weighted by atomic mass is 16.3. The highest BCUT2D eigenvalue weighted by molar-refractivity contribution is 6.19. The molecule has 1 N–H and O–H groups in total. The molecule has 0 spiro atoms. The Bertz CT molecular complexity index is 3510. The summed E-state index contributed by atoms with van der Waals surface area (Å²) in [7, 11) is 0. The van der Waals surface area contributed by atoms with Crippen molar-refractivity contribution in [3.05, 3.63) is 223 Å². The largest absolute Gasteiger partial charge is 0.454 e. The molecule has 0 radical (unpaired) electrons. The topological polar surface area (TPSA) is 54.8 Å². The van der Waals surface area contributed by atoms with Crippen LogP contribution in [0, 0.1) is 0 Å². The Labute approximate surface area is 346 Å². The van der Waals surface area contributed by atoms with Gasteiger partial charge in [0.25, 0.3) is 0 Å². The van der Waals surface area contributed by atoms with E-state index in [9.17, 15) is 0 Å². The van der Waals surface area contributed by atoms with Crippen molar-refractivity contribution in [1.82, 2.24) is 9.88 Å². The molecule has 2 aromatic heterocycles. The number of nitrogens with zero attached hydrogens (tertiary/aromatic N) is 3. The Kier molecular flexibility index (Phi) is 7.85. The smallest absolute Gasteiger partial charge is 0.159 e. The van der Waals surface area contributed by atoms with E-state index in [1.807, 2.05) is 24.3 Å². The summed E-state index contributed by atoms with van der Waals surface area (Å²) in [4.78, 5) is 10.8. The van der Waals surface area contributed by atoms with Gasteiger partial charge in [0, 0.05) is 32.7 Å². The van der Waals surface area contributed by atoms with E-state index in [2.05, 4.69) is 192 Å². The van der Waals surface area contributed by atoms with Gasteiger partial charge in [-0.05, 0) is 81.1 Å². The second kappa shape index (κ2) is 13.8. The minimum atomic E-state index is -0.398. The summed E-state index contributed by atoms with van der Waals surface area (Å²) in [5, 5.41) is 10.6. The number of fused-ring (bicyclic) bond motifs is 7. The third-order valence-corrected chi connectivity index (χ3v) is 11.8. The van der Waals surface area contributed by atoms with E-state index in [4.69, 9.17) is 14.4 Å². The molecular weight excluding hydrogens is 733 g/mol. The van der Waals surface area contributed by atoms with Crippen LogP contribution in [0.25, 0.3) is 82.5 Å². The Morgan fingerprint density at radius 2 is 1.07 bits per heavy atom. The second-order valence-electron chi connectivity index (χ2n) is 15.4. The number of furan rings is 1. The number of hydrogen-bond donors (Lipinski definition) is 1. The molecular formula is C55H36N4O. The molecule has 5 heteroatoms. The zero-order valence-electron chi connectivity index (χ0n) is 32.5. The van der Waals surface area contributed by atoms with Gasteiger partial charge in [0.1, 0.15) is 17.6 Å². The van der Waals surface area contributed by atoms with Gasteiger partial charge in [0.05, 0.1) is 16.7 Å². The number of rotatable bonds is 6. The van der Waals surface area contributed by atoms with Crippen molar-refractivity contribution in [1.29, 1.82) is 0 Å². The van der Waals surface area contributed by atoms with Gasteiger partial charge in [-0.25, -0.2) is 9.98 Å². The molecule has 0 amide bonds. The maximum Gasteiger partial charge on any atom is 0.159 e. The van der Waals surface area contributed by atoms with Crippen LogP contribution in [-0.2, 0) is 0 Å². The molecule has 11 aromatic rings. The lowest BCUT2D eigenvalue weighted by Gasteiger charge is -2.24. The summed E-state index contributed by atoms with van der Waals surface area (Å²) in [6.45, 7) is 0. The SMILES string of the molecule is c1ccc(-c2ccc(C3=NC(c4cc(-n5c6ccccc6c6cc7ccccc7cc65)c5oc6ccccc6c5c4)=NC(c4cccc(-c5ccccc5)c4)N3)cc2)cc1. The van der Waals surface area contributed by atoms with Crippen LogP contribution in [0.3, 0.4) is 0 Å². The molecule has 282 valence electrons. The summed E-state index contributed by atoms with van der Waals surface area (Å²) >= 11 is 0. The molecule has 0 saturated heterocycles. The van der Waals surface area contributed by atoms with Crippen LogP contribution in [0.15, 0.2) is 221 Å². The molecule has 12 rings (SSSR count). The quantitative estimate of drug-likeness (QED) is 0.183. The molecule has 1 unspecified atom stereocenters. The van der Waals surface area contributed by atoms with E-state index >= 15 is 0 Å². The molecule has 0 bridgehead atoms. The number of amidine groups is 2. The van der Waals surface area contributed by atoms with Crippen LogP contribution in [0.2, 0.25) is 0 Å². The van der Waals surface area contributed by atoms with Gasteiger partial charge in [-0.3, -0.25) is 0 Å². The summed E-state index contributed by atoms with van der Waals surface area (Å²) in [5.74, 6) is 1.41. The molecule has 1 aliphatic heterocycles. The maximum atomic E-state index is 6.81. The molecule has 1 aliphatic rings. The predicted molar refractivity (Wildman–Crippen MR) is 248 cm³/mol. The number of benzene rings is 9. The summed E-state index contributed by atoms with van der Waals surface area (Å²) < 4.78 is 9.17. The van der Waals surface area contributed by atoms with Gasteiger partial charge in [0.15, 0.2) is 11.4 Å². The van der Waals surface area contributed by atoms with Crippen LogP contribution in [-0.4, -0.2) is 16.2 Å². The van der Waals surface area contributed by atoms with Crippen molar-refractivity contribution in [3.8, 4) is 27.9 Å². The number of aliphatic imine (C=N–C) groups is 2. The van der Waals surface area contributed by atoms with Gasteiger partial charge in [-0.15, -0.1) is 0 Å². The Morgan fingerprint density at radius 3 is 1.87 bits per heavy atom. The van der Waals surface area contributed by atoms with Gasteiger partial charge >= 0.3 is 0 Å². The molecule has 0 aliphatic carbocycles. The number of aromatic nitrogens is 1. The molecule has 3 heterocycles. The predicted octanol–water partition coefficient (Wildman–Crippen LogP) is 13.7. The molecule has 9 aromatic carbocycles. The number of hydrogen-bond acceptors (Lipinski definition) is 4. The highest BCUT2D eigenvalue weighted by Crippen LogP contribution is 2.40. The lowest BCUT2D eigenvalue weighted by Crippen LogP contribution is -2.33. The van der Waals surface area contributed by atoms with E-state index < -0.39 is 6.17 Å². The third-order valence-electron chi connectivity index (χ3n) is 11.8. The first kappa shape index (κ1) is 34.1. The fourth-order valence-electron chi connectivity index (χ4n) is 8.88. The van der Waals surface area contributed by atoms with Gasteiger partial charge in [0.2, 0.25) is 0 Å². The highest BCUT2D eigenvalue weighted by Gasteiger charge is 2.25. The first-order chi connectivity index (χ1) is 29.7. The summed E-state index contributed by atoms with van der Waals surface area (Å²) in [6.07, 6.45) is -0.398. The van der Waals surface area contributed by atoms with E-state index in [0.29, 0.717) is 5.84 Å². The van der Waals surface area contributed by atoms with Crippen molar-refractivity contribution >= 4 is 66.2 Å². The fraction of sp³-hybridized carbons (Fsp3) is 0.0182. The van der Waals surface area contributed by atoms with Crippen molar-refractivity contribution < 1.29 is 4.42 Å². The lowest BCUT2D eigenvalue weighted by atomic mass is 10.0. The van der Waals surface area contributed by atoms with Crippen LogP contribution >= 0.6 is 0 Å². The van der Waals surface area contributed by atoms with E-state index in [0.717, 1.165) is 77.9 Å². The van der Waals surface area contributed by atoms with Crippen molar-refractivity contribution in [2.45, 2.75) is 6.17 Å². The van der Waals surface area contributed by atoms with Crippen LogP contribution in [0.1, 0.15) is 22.9 Å². The van der Waals surface area contributed by atoms with Crippen LogP contribution in [0.4, 0.5) is 0 Å². The normalized spacial score (nSPS) is 14.2. The molecule has 5 nitrogen and oxygen atoms in total. The Balaban J connectivity index is 1.09. The third kappa shape index (κ3) is 5.70. The zero-order valence-corrected chi connectivity index (χ0v) is 32.5. The Morgan fingerprint density at radius 1 is 0.433 bits per heavy atom. The monoisotopic (exact) mass is 768 g/mol. The zero-order chi connectivity index (χ0) is 39.6. The van der Waals surface area contributed by atoms with Gasteiger partial charge in [-0.2, -0.15) is 0 Å². The first-order valence-electron chi connectivity index (χ1n) is 20.3. The number of nitrogens with one attached hydrogen (secondary N) is 1. The molecule has 1 atom stereocenters.